The number of hydrogen-bond donors (Lipinski definition) is 2. The lowest BCUT2D eigenvalue weighted by Crippen LogP contribution is -2.14. The van der Waals surface area contributed by atoms with Gasteiger partial charge in [0.25, 0.3) is 0 Å². The zero-order chi connectivity index (χ0) is 18.9. The molecule has 3 aromatic rings. The molecule has 2 aromatic heterocycles. The van der Waals surface area contributed by atoms with E-state index in [1.807, 2.05) is 0 Å². The van der Waals surface area contributed by atoms with Gasteiger partial charge in [0.05, 0.1) is 10.5 Å². The summed E-state index contributed by atoms with van der Waals surface area (Å²) in [6.45, 7) is 0. The number of halogens is 1. The molecule has 0 fully saturated rings. The number of primary amides is 1. The van der Waals surface area contributed by atoms with Gasteiger partial charge in [-0.15, -0.1) is 11.3 Å². The van der Waals surface area contributed by atoms with Crippen LogP contribution < -0.4 is 5.73 Å². The monoisotopic (exact) mass is 393 g/mol. The van der Waals surface area contributed by atoms with Gasteiger partial charge < -0.3 is 5.73 Å². The molecule has 0 atom stereocenters. The largest absolute Gasteiger partial charge is 0.366 e. The molecule has 3 rings (SSSR count). The van der Waals surface area contributed by atoms with Crippen molar-refractivity contribution in [3.05, 3.63) is 64.5 Å². The van der Waals surface area contributed by atoms with Crippen LogP contribution in [0.25, 0.3) is 0 Å². The van der Waals surface area contributed by atoms with Crippen molar-refractivity contribution in [2.75, 3.05) is 0 Å². The standard InChI is InChI=1S/C16H12FN3O4S2/c17-9-2-1-3-10(6-9)26(23,24)15-7-11(16(18)22)14(25-15)8-13(21)12-4-5-19-20-12/h1-7H,8H2,(H2,18,22)(H,19,20). The number of hydrogen-bond acceptors (Lipinski definition) is 6. The lowest BCUT2D eigenvalue weighted by molar-refractivity contribution is 0.0988. The number of thiophene rings is 1. The third-order valence-electron chi connectivity index (χ3n) is 3.55. The molecule has 2 heterocycles. The molecular formula is C16H12FN3O4S2. The van der Waals surface area contributed by atoms with E-state index in [0.29, 0.717) is 0 Å². The maximum atomic E-state index is 13.4. The van der Waals surface area contributed by atoms with Gasteiger partial charge in [0, 0.05) is 17.5 Å². The Hall–Kier alpha value is -2.85. The third-order valence-corrected chi connectivity index (χ3v) is 6.91. The van der Waals surface area contributed by atoms with Crippen LogP contribution in [0.15, 0.2) is 51.7 Å². The van der Waals surface area contributed by atoms with E-state index in [0.717, 1.165) is 29.5 Å². The number of nitrogens with zero attached hydrogens (tertiary/aromatic N) is 1. The average molecular weight is 393 g/mol. The molecule has 0 saturated heterocycles. The van der Waals surface area contributed by atoms with Gasteiger partial charge in [-0.3, -0.25) is 14.7 Å². The predicted octanol–water partition coefficient (Wildman–Crippen LogP) is 1.97. The van der Waals surface area contributed by atoms with E-state index >= 15 is 0 Å². The Morgan fingerprint density at radius 1 is 1.23 bits per heavy atom. The van der Waals surface area contributed by atoms with Crippen molar-refractivity contribution in [1.82, 2.24) is 10.2 Å². The van der Waals surface area contributed by atoms with Crippen molar-refractivity contribution in [2.45, 2.75) is 15.5 Å². The maximum absolute atomic E-state index is 13.4. The molecule has 134 valence electrons. The fraction of sp³-hybridized carbons (Fsp3) is 0.0625. The summed E-state index contributed by atoms with van der Waals surface area (Å²) in [5, 5.41) is 6.17. The average Bonchev–Trinajstić information content (AvgIpc) is 3.24. The Balaban J connectivity index is 2.02. The predicted molar refractivity (Wildman–Crippen MR) is 91.3 cm³/mol. The van der Waals surface area contributed by atoms with E-state index in [2.05, 4.69) is 10.2 Å². The minimum absolute atomic E-state index is 0.0576. The molecule has 10 heteroatoms. The fourth-order valence-corrected chi connectivity index (χ4v) is 5.23. The lowest BCUT2D eigenvalue weighted by atomic mass is 10.1. The van der Waals surface area contributed by atoms with Crippen molar-refractivity contribution in [3.63, 3.8) is 0 Å². The molecule has 1 aromatic carbocycles. The number of rotatable bonds is 6. The number of nitrogens with two attached hydrogens (primary N) is 1. The molecule has 0 aliphatic rings. The third kappa shape index (κ3) is 3.41. The smallest absolute Gasteiger partial charge is 0.249 e. The number of aromatic nitrogens is 2. The highest BCUT2D eigenvalue weighted by molar-refractivity contribution is 7.93. The zero-order valence-corrected chi connectivity index (χ0v) is 14.7. The van der Waals surface area contributed by atoms with Crippen LogP contribution in [0.3, 0.4) is 0 Å². The molecule has 0 aliphatic carbocycles. The van der Waals surface area contributed by atoms with Crippen LogP contribution in [-0.2, 0) is 16.3 Å². The zero-order valence-electron chi connectivity index (χ0n) is 13.1. The van der Waals surface area contributed by atoms with Gasteiger partial charge in [-0.2, -0.15) is 5.10 Å². The highest BCUT2D eigenvalue weighted by atomic mass is 32.2. The summed E-state index contributed by atoms with van der Waals surface area (Å²) in [4.78, 5) is 23.8. The van der Waals surface area contributed by atoms with E-state index in [-0.39, 0.29) is 37.4 Å². The number of carbonyl (C=O) groups excluding carboxylic acids is 2. The van der Waals surface area contributed by atoms with Gasteiger partial charge in [0.15, 0.2) is 5.78 Å². The number of amides is 1. The molecule has 0 unspecified atom stereocenters. The molecule has 0 radical (unpaired) electrons. The Kier molecular flexibility index (Phi) is 4.70. The van der Waals surface area contributed by atoms with Gasteiger partial charge in [-0.05, 0) is 30.3 Å². The molecule has 0 saturated carbocycles. The molecule has 0 bridgehead atoms. The van der Waals surface area contributed by atoms with Gasteiger partial charge >= 0.3 is 0 Å². The summed E-state index contributed by atoms with van der Waals surface area (Å²) in [6.07, 6.45) is 1.18. The van der Waals surface area contributed by atoms with Crippen molar-refractivity contribution in [1.29, 1.82) is 0 Å². The first-order chi connectivity index (χ1) is 12.3. The van der Waals surface area contributed by atoms with Crippen molar-refractivity contribution < 1.29 is 22.4 Å². The number of aromatic amines is 1. The number of H-pyrrole nitrogens is 1. The highest BCUT2D eigenvalue weighted by Gasteiger charge is 2.26. The van der Waals surface area contributed by atoms with Crippen LogP contribution in [0.5, 0.6) is 0 Å². The van der Waals surface area contributed by atoms with Crippen LogP contribution in [0.4, 0.5) is 4.39 Å². The molecule has 26 heavy (non-hydrogen) atoms. The van der Waals surface area contributed by atoms with Crippen LogP contribution >= 0.6 is 11.3 Å². The fourth-order valence-electron chi connectivity index (χ4n) is 2.28. The number of benzene rings is 1. The molecule has 3 N–H and O–H groups in total. The number of carbonyl (C=O) groups is 2. The first-order valence-electron chi connectivity index (χ1n) is 7.25. The van der Waals surface area contributed by atoms with Crippen LogP contribution in [0.1, 0.15) is 25.7 Å². The Morgan fingerprint density at radius 3 is 2.62 bits per heavy atom. The van der Waals surface area contributed by atoms with Crippen molar-refractivity contribution >= 4 is 32.9 Å². The maximum Gasteiger partial charge on any atom is 0.249 e. The Labute approximate surface area is 151 Å². The highest BCUT2D eigenvalue weighted by Crippen LogP contribution is 2.32. The SMILES string of the molecule is NC(=O)c1cc(S(=O)(=O)c2cccc(F)c2)sc1CC(=O)c1ccn[nH]1. The van der Waals surface area contributed by atoms with E-state index < -0.39 is 21.6 Å². The van der Waals surface area contributed by atoms with Crippen LogP contribution in [-0.4, -0.2) is 30.3 Å². The molecule has 0 aliphatic heterocycles. The summed E-state index contributed by atoms with van der Waals surface area (Å²) in [7, 11) is -4.05. The second-order valence-electron chi connectivity index (χ2n) is 5.30. The Bertz CT molecular complexity index is 1090. The minimum atomic E-state index is -4.05. The van der Waals surface area contributed by atoms with E-state index in [4.69, 9.17) is 5.73 Å². The van der Waals surface area contributed by atoms with E-state index in [1.54, 1.807) is 0 Å². The van der Waals surface area contributed by atoms with Crippen molar-refractivity contribution in [2.24, 2.45) is 5.73 Å². The topological polar surface area (TPSA) is 123 Å². The van der Waals surface area contributed by atoms with E-state index in [1.165, 1.54) is 24.4 Å². The molecule has 7 nitrogen and oxygen atoms in total. The van der Waals surface area contributed by atoms with Crippen LogP contribution in [0, 0.1) is 5.82 Å². The number of nitrogens with one attached hydrogen (secondary N) is 1. The summed E-state index contributed by atoms with van der Waals surface area (Å²) in [5.74, 6) is -1.93. The second-order valence-corrected chi connectivity index (χ2v) is 8.61. The molecule has 1 amide bonds. The summed E-state index contributed by atoms with van der Waals surface area (Å²) in [6, 6.07) is 7.10. The van der Waals surface area contributed by atoms with Gasteiger partial charge in [0.1, 0.15) is 15.7 Å². The molecule has 0 spiro atoms. The van der Waals surface area contributed by atoms with E-state index in [9.17, 15) is 22.4 Å². The number of Topliss-reactive ketones (excluding diaryl/α,β-unsaturated/α-hetero) is 1. The van der Waals surface area contributed by atoms with Gasteiger partial charge in [-0.1, -0.05) is 6.07 Å². The number of ketones is 1. The molecular weight excluding hydrogens is 381 g/mol. The quantitative estimate of drug-likeness (QED) is 0.620. The summed E-state index contributed by atoms with van der Waals surface area (Å²) < 4.78 is 38.5. The lowest BCUT2D eigenvalue weighted by Gasteiger charge is -2.01. The minimum Gasteiger partial charge on any atom is -0.366 e. The summed E-state index contributed by atoms with van der Waals surface area (Å²) >= 11 is 0.755. The van der Waals surface area contributed by atoms with Gasteiger partial charge in [-0.25, -0.2) is 12.8 Å². The first kappa shape index (κ1) is 18.0. The second kappa shape index (κ2) is 6.81. The summed E-state index contributed by atoms with van der Waals surface area (Å²) in [5.41, 5.74) is 5.48. The Morgan fingerprint density at radius 2 is 2.00 bits per heavy atom. The van der Waals surface area contributed by atoms with Crippen molar-refractivity contribution in [3.8, 4) is 0 Å². The normalized spacial score (nSPS) is 11.4. The first-order valence-corrected chi connectivity index (χ1v) is 9.55. The van der Waals surface area contributed by atoms with Gasteiger partial charge in [0.2, 0.25) is 15.7 Å². The van der Waals surface area contributed by atoms with Crippen LogP contribution in [0.2, 0.25) is 0 Å². The number of sulfone groups is 1.